The molecule has 7 heteroatoms. The van der Waals surface area contributed by atoms with Gasteiger partial charge in [-0.1, -0.05) is 0 Å². The number of amides is 1. The molecule has 0 unspecified atom stereocenters. The fourth-order valence-corrected chi connectivity index (χ4v) is 2.81. The van der Waals surface area contributed by atoms with E-state index < -0.39 is 24.1 Å². The van der Waals surface area contributed by atoms with Gasteiger partial charge >= 0.3 is 6.61 Å². The van der Waals surface area contributed by atoms with Crippen LogP contribution in [-0.4, -0.2) is 44.1 Å². The third-order valence-corrected chi connectivity index (χ3v) is 4.09. The Balaban J connectivity index is 2.03. The second-order valence-electron chi connectivity index (χ2n) is 5.65. The van der Waals surface area contributed by atoms with Gasteiger partial charge in [0, 0.05) is 19.2 Å². The van der Waals surface area contributed by atoms with Crippen LogP contribution in [0.25, 0.3) is 0 Å². The molecule has 1 heterocycles. The first kappa shape index (κ1) is 17.6. The molecule has 23 heavy (non-hydrogen) atoms. The molecule has 1 fully saturated rings. The zero-order valence-corrected chi connectivity index (χ0v) is 13.0. The minimum absolute atomic E-state index is 0.0274. The molecular formula is C16H21F3N2O2. The maximum atomic E-state index is 13.2. The number of carbonyl (C=O) groups is 1. The average molecular weight is 330 g/mol. The number of likely N-dealkylation sites (tertiary alicyclic amines) is 1. The molecule has 1 amide bonds. The molecule has 1 aliphatic rings. The smallest absolute Gasteiger partial charge is 0.387 e. The molecule has 0 spiro atoms. The van der Waals surface area contributed by atoms with Crippen molar-refractivity contribution >= 4 is 5.91 Å². The van der Waals surface area contributed by atoms with Gasteiger partial charge in [-0.25, -0.2) is 4.39 Å². The number of rotatable bonds is 6. The summed E-state index contributed by atoms with van der Waals surface area (Å²) >= 11 is 0. The van der Waals surface area contributed by atoms with Crippen LogP contribution in [0.3, 0.4) is 0 Å². The van der Waals surface area contributed by atoms with Crippen molar-refractivity contribution in [3.05, 3.63) is 29.6 Å². The molecule has 1 N–H and O–H groups in total. The van der Waals surface area contributed by atoms with Crippen molar-refractivity contribution in [1.29, 1.82) is 0 Å². The number of halogens is 3. The highest BCUT2D eigenvalue weighted by Gasteiger charge is 2.26. The van der Waals surface area contributed by atoms with Crippen molar-refractivity contribution in [3.63, 3.8) is 0 Å². The molecule has 128 valence electrons. The minimum atomic E-state index is -3.10. The number of piperidine rings is 1. The van der Waals surface area contributed by atoms with Gasteiger partial charge in [-0.05, 0) is 50.9 Å². The van der Waals surface area contributed by atoms with Crippen molar-refractivity contribution in [3.8, 4) is 5.75 Å². The Morgan fingerprint density at radius 3 is 2.70 bits per heavy atom. The van der Waals surface area contributed by atoms with E-state index in [2.05, 4.69) is 10.1 Å². The summed E-state index contributed by atoms with van der Waals surface area (Å²) < 4.78 is 42.4. The zero-order valence-electron chi connectivity index (χ0n) is 13.0. The maximum absolute atomic E-state index is 13.2. The lowest BCUT2D eigenvalue weighted by atomic mass is 9.93. The van der Waals surface area contributed by atoms with Gasteiger partial charge in [-0.2, -0.15) is 8.78 Å². The van der Waals surface area contributed by atoms with Gasteiger partial charge in [-0.3, -0.25) is 4.79 Å². The predicted molar refractivity (Wildman–Crippen MR) is 80.2 cm³/mol. The largest absolute Gasteiger partial charge is 0.434 e. The van der Waals surface area contributed by atoms with E-state index in [4.69, 9.17) is 0 Å². The molecule has 1 saturated heterocycles. The van der Waals surface area contributed by atoms with Gasteiger partial charge in [0.1, 0.15) is 11.6 Å². The van der Waals surface area contributed by atoms with E-state index in [-0.39, 0.29) is 5.56 Å². The van der Waals surface area contributed by atoms with Crippen LogP contribution >= 0.6 is 0 Å². The van der Waals surface area contributed by atoms with Crippen LogP contribution in [0, 0.1) is 11.7 Å². The number of hydrogen-bond donors (Lipinski definition) is 1. The molecule has 0 atom stereocenters. The van der Waals surface area contributed by atoms with E-state index in [1.807, 2.05) is 7.05 Å². The molecule has 2 rings (SSSR count). The predicted octanol–water partition coefficient (Wildman–Crippen LogP) is 2.89. The molecule has 4 nitrogen and oxygen atoms in total. The van der Waals surface area contributed by atoms with Crippen LogP contribution in [0.5, 0.6) is 5.75 Å². The summed E-state index contributed by atoms with van der Waals surface area (Å²) in [6, 6.07) is 3.09. The number of nitrogens with zero attached hydrogens (tertiary/aromatic N) is 1. The molecule has 1 aliphatic heterocycles. The summed E-state index contributed by atoms with van der Waals surface area (Å²) in [7, 11) is 1.90. The van der Waals surface area contributed by atoms with E-state index in [0.717, 1.165) is 37.9 Å². The van der Waals surface area contributed by atoms with Crippen molar-refractivity contribution in [2.75, 3.05) is 26.7 Å². The molecule has 1 aromatic rings. The molecular weight excluding hydrogens is 309 g/mol. The van der Waals surface area contributed by atoms with Crippen molar-refractivity contribution in [1.82, 2.24) is 10.2 Å². The fraction of sp³-hybridized carbons (Fsp3) is 0.562. The highest BCUT2D eigenvalue weighted by Crippen LogP contribution is 2.26. The Labute approximate surface area is 133 Å². The summed E-state index contributed by atoms with van der Waals surface area (Å²) in [6.45, 7) is -1.03. The summed E-state index contributed by atoms with van der Waals surface area (Å²) in [4.78, 5) is 14.1. The highest BCUT2D eigenvalue weighted by atomic mass is 19.3. The monoisotopic (exact) mass is 330 g/mol. The van der Waals surface area contributed by atoms with Crippen LogP contribution < -0.4 is 10.1 Å². The SMILES string of the molecule is CNCCC1CCN(C(=O)c2ccc(F)cc2OC(F)F)CC1. The molecule has 0 radical (unpaired) electrons. The lowest BCUT2D eigenvalue weighted by Crippen LogP contribution is -2.39. The third kappa shape index (κ3) is 4.86. The quantitative estimate of drug-likeness (QED) is 0.872. The maximum Gasteiger partial charge on any atom is 0.387 e. The second-order valence-corrected chi connectivity index (χ2v) is 5.65. The molecule has 0 aliphatic carbocycles. The molecule has 0 saturated carbocycles. The minimum Gasteiger partial charge on any atom is -0.434 e. The van der Waals surface area contributed by atoms with E-state index in [1.165, 1.54) is 6.07 Å². The summed E-state index contributed by atoms with van der Waals surface area (Å²) in [6.07, 6.45) is 2.80. The molecule has 1 aromatic carbocycles. The van der Waals surface area contributed by atoms with Crippen LogP contribution in [0.2, 0.25) is 0 Å². The van der Waals surface area contributed by atoms with E-state index in [9.17, 15) is 18.0 Å². The number of benzene rings is 1. The summed E-state index contributed by atoms with van der Waals surface area (Å²) in [5.74, 6) is -0.977. The zero-order chi connectivity index (χ0) is 16.8. The number of carbonyl (C=O) groups excluding carboxylic acids is 1. The van der Waals surface area contributed by atoms with Gasteiger partial charge in [0.2, 0.25) is 0 Å². The number of alkyl halides is 2. The number of ether oxygens (including phenoxy) is 1. The average Bonchev–Trinajstić information content (AvgIpc) is 2.52. The van der Waals surface area contributed by atoms with Gasteiger partial charge in [0.15, 0.2) is 0 Å². The standard InChI is InChI=1S/C16H21F3N2O2/c1-20-7-4-11-5-8-21(9-6-11)15(22)13-3-2-12(17)10-14(13)23-16(18)19/h2-3,10-11,16,20H,4-9H2,1H3. The Morgan fingerprint density at radius 2 is 2.09 bits per heavy atom. The lowest BCUT2D eigenvalue weighted by molar-refractivity contribution is -0.0504. The van der Waals surface area contributed by atoms with Crippen molar-refractivity contribution in [2.45, 2.75) is 25.9 Å². The van der Waals surface area contributed by atoms with E-state index in [1.54, 1.807) is 4.90 Å². The van der Waals surface area contributed by atoms with Gasteiger partial charge in [0.25, 0.3) is 5.91 Å². The Bertz CT molecular complexity index is 532. The van der Waals surface area contributed by atoms with Gasteiger partial charge < -0.3 is 15.0 Å². The topological polar surface area (TPSA) is 41.6 Å². The number of nitrogens with one attached hydrogen (secondary N) is 1. The first-order chi connectivity index (χ1) is 11.0. The Morgan fingerprint density at radius 1 is 1.39 bits per heavy atom. The third-order valence-electron chi connectivity index (χ3n) is 4.09. The second kappa shape index (κ2) is 8.19. The fourth-order valence-electron chi connectivity index (χ4n) is 2.81. The van der Waals surface area contributed by atoms with Crippen molar-refractivity contribution < 1.29 is 22.7 Å². The Hall–Kier alpha value is -1.76. The van der Waals surface area contributed by atoms with E-state index >= 15 is 0 Å². The summed E-state index contributed by atoms with van der Waals surface area (Å²) in [5, 5.41) is 3.10. The molecule has 0 aromatic heterocycles. The van der Waals surface area contributed by atoms with Crippen LogP contribution in [0.1, 0.15) is 29.6 Å². The van der Waals surface area contributed by atoms with Crippen LogP contribution in [0.15, 0.2) is 18.2 Å². The lowest BCUT2D eigenvalue weighted by Gasteiger charge is -2.32. The summed E-state index contributed by atoms with van der Waals surface area (Å²) in [5.41, 5.74) is -0.0274. The van der Waals surface area contributed by atoms with E-state index in [0.29, 0.717) is 19.0 Å². The highest BCUT2D eigenvalue weighted by molar-refractivity contribution is 5.97. The van der Waals surface area contributed by atoms with Gasteiger partial charge in [-0.15, -0.1) is 0 Å². The van der Waals surface area contributed by atoms with Crippen LogP contribution in [-0.2, 0) is 0 Å². The normalized spacial score (nSPS) is 16.0. The van der Waals surface area contributed by atoms with Crippen LogP contribution in [0.4, 0.5) is 13.2 Å². The molecule has 0 bridgehead atoms. The first-order valence-electron chi connectivity index (χ1n) is 7.69. The van der Waals surface area contributed by atoms with Crippen molar-refractivity contribution in [2.24, 2.45) is 5.92 Å². The van der Waals surface area contributed by atoms with Gasteiger partial charge in [0.05, 0.1) is 5.56 Å². The Kier molecular flexibility index (Phi) is 6.27. The number of hydrogen-bond acceptors (Lipinski definition) is 3. The first-order valence-corrected chi connectivity index (χ1v) is 7.69.